The Morgan fingerprint density at radius 1 is 1.07 bits per heavy atom. The third-order valence-corrected chi connectivity index (χ3v) is 4.14. The number of ether oxygens (including phenoxy) is 3. The predicted molar refractivity (Wildman–Crippen MR) is 116 cm³/mol. The van der Waals surface area contributed by atoms with E-state index in [2.05, 4.69) is 5.32 Å². The first-order valence-corrected chi connectivity index (χ1v) is 9.91. The molecule has 2 aromatic carbocycles. The van der Waals surface area contributed by atoms with Crippen LogP contribution < -0.4 is 14.8 Å². The molecule has 0 aliphatic rings. The van der Waals surface area contributed by atoms with Gasteiger partial charge in [0.05, 0.1) is 31.9 Å². The number of likely N-dealkylation sites (N-methyl/N-ethyl adjacent to an activating group) is 1. The van der Waals surface area contributed by atoms with Crippen molar-refractivity contribution < 1.29 is 23.8 Å². The number of esters is 1. The Kier molecular flexibility index (Phi) is 8.68. The Morgan fingerprint density at radius 3 is 2.37 bits per heavy atom. The Balaban J connectivity index is 1.89. The third-order valence-electron chi connectivity index (χ3n) is 4.14. The van der Waals surface area contributed by atoms with Crippen LogP contribution in [0.5, 0.6) is 11.5 Å². The number of amides is 1. The standard InChI is InChI=1S/C23H30N2O5/c1-6-29-20-12-7-17(13-21(20)28-5)14-25(4)15-22(26)24-19-10-8-18(9-11-19)23(27)30-16(2)3/h7-13,16H,6,14-15H2,1-5H3,(H,24,26). The van der Waals surface area contributed by atoms with E-state index in [1.54, 1.807) is 45.2 Å². The van der Waals surface area contributed by atoms with E-state index in [-0.39, 0.29) is 24.5 Å². The summed E-state index contributed by atoms with van der Waals surface area (Å²) in [5, 5.41) is 2.84. The molecule has 0 atom stereocenters. The van der Waals surface area contributed by atoms with Gasteiger partial charge in [-0.05, 0) is 69.8 Å². The lowest BCUT2D eigenvalue weighted by atomic mass is 10.2. The van der Waals surface area contributed by atoms with Crippen LogP contribution in [-0.4, -0.2) is 50.2 Å². The summed E-state index contributed by atoms with van der Waals surface area (Å²) in [5.74, 6) is 0.842. The molecular weight excluding hydrogens is 384 g/mol. The van der Waals surface area contributed by atoms with Crippen LogP contribution in [0.1, 0.15) is 36.7 Å². The van der Waals surface area contributed by atoms with Gasteiger partial charge in [-0.25, -0.2) is 4.79 Å². The number of nitrogens with zero attached hydrogens (tertiary/aromatic N) is 1. The van der Waals surface area contributed by atoms with Gasteiger partial charge in [0.2, 0.25) is 5.91 Å². The fourth-order valence-electron chi connectivity index (χ4n) is 2.87. The van der Waals surface area contributed by atoms with E-state index in [9.17, 15) is 9.59 Å². The molecule has 0 aromatic heterocycles. The normalized spacial score (nSPS) is 10.8. The van der Waals surface area contributed by atoms with Gasteiger partial charge in [0, 0.05) is 12.2 Å². The van der Waals surface area contributed by atoms with Crippen molar-refractivity contribution in [3.8, 4) is 11.5 Å². The highest BCUT2D eigenvalue weighted by atomic mass is 16.5. The Labute approximate surface area is 177 Å². The molecule has 7 heteroatoms. The average Bonchev–Trinajstić information content (AvgIpc) is 2.69. The number of benzene rings is 2. The number of carbonyl (C=O) groups is 2. The lowest BCUT2D eigenvalue weighted by molar-refractivity contribution is -0.117. The summed E-state index contributed by atoms with van der Waals surface area (Å²) in [6.45, 7) is 6.88. The van der Waals surface area contributed by atoms with Crippen molar-refractivity contribution in [2.24, 2.45) is 0 Å². The molecule has 7 nitrogen and oxygen atoms in total. The molecule has 2 rings (SSSR count). The van der Waals surface area contributed by atoms with Crippen LogP contribution in [0.2, 0.25) is 0 Å². The first-order chi connectivity index (χ1) is 14.3. The number of anilines is 1. The molecule has 0 unspecified atom stereocenters. The minimum absolute atomic E-state index is 0.145. The lowest BCUT2D eigenvalue weighted by Gasteiger charge is -2.18. The van der Waals surface area contributed by atoms with Crippen molar-refractivity contribution in [2.75, 3.05) is 32.6 Å². The largest absolute Gasteiger partial charge is 0.493 e. The van der Waals surface area contributed by atoms with E-state index in [1.807, 2.05) is 37.1 Å². The smallest absolute Gasteiger partial charge is 0.338 e. The Morgan fingerprint density at radius 2 is 1.77 bits per heavy atom. The average molecular weight is 415 g/mol. The molecule has 0 fully saturated rings. The maximum atomic E-state index is 12.4. The van der Waals surface area contributed by atoms with Crippen molar-refractivity contribution in [2.45, 2.75) is 33.4 Å². The highest BCUT2D eigenvalue weighted by molar-refractivity contribution is 5.94. The minimum atomic E-state index is -0.381. The maximum Gasteiger partial charge on any atom is 0.338 e. The van der Waals surface area contributed by atoms with Crippen molar-refractivity contribution in [1.82, 2.24) is 4.90 Å². The van der Waals surface area contributed by atoms with Gasteiger partial charge in [0.15, 0.2) is 11.5 Å². The summed E-state index contributed by atoms with van der Waals surface area (Å²) < 4.78 is 16.1. The molecule has 0 bridgehead atoms. The van der Waals surface area contributed by atoms with Crippen LogP contribution >= 0.6 is 0 Å². The molecule has 30 heavy (non-hydrogen) atoms. The Hall–Kier alpha value is -3.06. The van der Waals surface area contributed by atoms with Gasteiger partial charge >= 0.3 is 5.97 Å². The van der Waals surface area contributed by atoms with Crippen molar-refractivity contribution >= 4 is 17.6 Å². The summed E-state index contributed by atoms with van der Waals surface area (Å²) in [5.41, 5.74) is 2.08. The molecule has 1 N–H and O–H groups in total. The van der Waals surface area contributed by atoms with Gasteiger partial charge in [0.1, 0.15) is 0 Å². The van der Waals surface area contributed by atoms with Crippen LogP contribution in [0, 0.1) is 0 Å². The number of rotatable bonds is 10. The highest BCUT2D eigenvalue weighted by Gasteiger charge is 2.12. The van der Waals surface area contributed by atoms with Crippen LogP contribution in [0.4, 0.5) is 5.69 Å². The second kappa shape index (κ2) is 11.2. The van der Waals surface area contributed by atoms with E-state index >= 15 is 0 Å². The minimum Gasteiger partial charge on any atom is -0.493 e. The summed E-state index contributed by atoms with van der Waals surface area (Å²) in [6, 6.07) is 12.4. The topological polar surface area (TPSA) is 77.1 Å². The fourth-order valence-corrected chi connectivity index (χ4v) is 2.87. The zero-order valence-electron chi connectivity index (χ0n) is 18.2. The zero-order chi connectivity index (χ0) is 22.1. The highest BCUT2D eigenvalue weighted by Crippen LogP contribution is 2.28. The van der Waals surface area contributed by atoms with E-state index in [0.717, 1.165) is 5.56 Å². The van der Waals surface area contributed by atoms with Crippen molar-refractivity contribution in [3.63, 3.8) is 0 Å². The second-order valence-corrected chi connectivity index (χ2v) is 7.17. The first-order valence-electron chi connectivity index (χ1n) is 9.91. The SMILES string of the molecule is CCOc1ccc(CN(C)CC(=O)Nc2ccc(C(=O)OC(C)C)cc2)cc1OC. The third kappa shape index (κ3) is 7.08. The summed E-state index contributed by atoms with van der Waals surface area (Å²) in [4.78, 5) is 26.1. The van der Waals surface area contributed by atoms with Gasteiger partial charge in [-0.15, -0.1) is 0 Å². The number of hydrogen-bond donors (Lipinski definition) is 1. The van der Waals surface area contributed by atoms with Crippen LogP contribution in [0.15, 0.2) is 42.5 Å². The molecule has 0 radical (unpaired) electrons. The monoisotopic (exact) mass is 414 g/mol. The molecule has 0 saturated heterocycles. The molecular formula is C23H30N2O5. The molecule has 0 aliphatic carbocycles. The quantitative estimate of drug-likeness (QED) is 0.597. The van der Waals surface area contributed by atoms with E-state index < -0.39 is 0 Å². The molecule has 162 valence electrons. The number of carbonyl (C=O) groups excluding carboxylic acids is 2. The van der Waals surface area contributed by atoms with Gasteiger partial charge in [0.25, 0.3) is 0 Å². The summed E-state index contributed by atoms with van der Waals surface area (Å²) in [7, 11) is 3.47. The summed E-state index contributed by atoms with van der Waals surface area (Å²) in [6.07, 6.45) is -0.178. The zero-order valence-corrected chi connectivity index (χ0v) is 18.2. The van der Waals surface area contributed by atoms with Crippen LogP contribution in [-0.2, 0) is 16.1 Å². The number of nitrogens with one attached hydrogen (secondary N) is 1. The lowest BCUT2D eigenvalue weighted by Crippen LogP contribution is -2.29. The van der Waals surface area contributed by atoms with Crippen molar-refractivity contribution in [3.05, 3.63) is 53.6 Å². The molecule has 0 heterocycles. The maximum absolute atomic E-state index is 12.4. The molecule has 0 saturated carbocycles. The molecule has 0 aliphatic heterocycles. The number of methoxy groups -OCH3 is 1. The molecule has 2 aromatic rings. The van der Waals surface area contributed by atoms with Crippen LogP contribution in [0.3, 0.4) is 0 Å². The first kappa shape index (κ1) is 23.2. The Bertz CT molecular complexity index is 849. The van der Waals surface area contributed by atoms with E-state index in [4.69, 9.17) is 14.2 Å². The van der Waals surface area contributed by atoms with Crippen LogP contribution in [0.25, 0.3) is 0 Å². The van der Waals surface area contributed by atoms with E-state index in [0.29, 0.717) is 35.9 Å². The summed E-state index contributed by atoms with van der Waals surface area (Å²) >= 11 is 0. The van der Waals surface area contributed by atoms with Gasteiger partial charge in [-0.3, -0.25) is 9.69 Å². The van der Waals surface area contributed by atoms with Gasteiger partial charge < -0.3 is 19.5 Å². The number of hydrogen-bond acceptors (Lipinski definition) is 6. The predicted octanol–water partition coefficient (Wildman–Crippen LogP) is 3.73. The van der Waals surface area contributed by atoms with Gasteiger partial charge in [-0.2, -0.15) is 0 Å². The van der Waals surface area contributed by atoms with Gasteiger partial charge in [-0.1, -0.05) is 6.07 Å². The van der Waals surface area contributed by atoms with Crippen molar-refractivity contribution in [1.29, 1.82) is 0 Å². The molecule has 0 spiro atoms. The fraction of sp³-hybridized carbons (Fsp3) is 0.391. The second-order valence-electron chi connectivity index (χ2n) is 7.17. The van der Waals surface area contributed by atoms with E-state index in [1.165, 1.54) is 0 Å². The molecule has 1 amide bonds.